The fraction of sp³-hybridized carbons (Fsp3) is 0.952. The first-order valence-corrected chi connectivity index (χ1v) is 33.4. The summed E-state index contributed by atoms with van der Waals surface area (Å²) in [5, 5.41) is 45.0. The Hall–Kier alpha value is -1.16. The van der Waals surface area contributed by atoms with Crippen molar-refractivity contribution in [1.82, 2.24) is 5.32 Å². The molecule has 75 heavy (non-hydrogen) atoms. The molecule has 1 aliphatic heterocycles. The summed E-state index contributed by atoms with van der Waals surface area (Å²) in [6, 6.07) is -0.940. The normalized spacial score (nSPS) is 19.1. The molecule has 7 atom stereocenters. The number of amides is 1. The molecule has 0 aliphatic carbocycles. The first-order valence-electron chi connectivity index (χ1n) is 32.1. The van der Waals surface area contributed by atoms with Crippen molar-refractivity contribution in [3.05, 3.63) is 12.2 Å². The van der Waals surface area contributed by atoms with Gasteiger partial charge in [-0.05, 0) is 19.3 Å². The first-order chi connectivity index (χ1) is 36.5. The highest BCUT2D eigenvalue weighted by molar-refractivity contribution is 7.80. The van der Waals surface area contributed by atoms with E-state index < -0.39 is 59.9 Å². The van der Waals surface area contributed by atoms with E-state index in [9.17, 15) is 38.2 Å². The predicted octanol–water partition coefficient (Wildman–Crippen LogP) is 15.8. The minimum atomic E-state index is -5.09. The monoisotopic (exact) mass is 1090 g/mol. The van der Waals surface area contributed by atoms with Gasteiger partial charge in [-0.2, -0.15) is 8.42 Å². The van der Waals surface area contributed by atoms with Crippen LogP contribution >= 0.6 is 0 Å². The molecule has 0 spiro atoms. The van der Waals surface area contributed by atoms with E-state index in [0.29, 0.717) is 6.42 Å². The van der Waals surface area contributed by atoms with Gasteiger partial charge in [-0.1, -0.05) is 309 Å². The number of unbranched alkanes of at least 4 members (excludes halogenated alkanes) is 45. The van der Waals surface area contributed by atoms with Crippen molar-refractivity contribution in [2.45, 2.75) is 365 Å². The lowest BCUT2D eigenvalue weighted by molar-refractivity contribution is -0.298. The fourth-order valence-corrected chi connectivity index (χ4v) is 11.1. The smallest absolute Gasteiger partial charge is 0.394 e. The summed E-state index contributed by atoms with van der Waals surface area (Å²) in [6.45, 7) is 3.45. The van der Waals surface area contributed by atoms with Crippen molar-refractivity contribution in [3.8, 4) is 0 Å². The topological polar surface area (TPSA) is 192 Å². The molecule has 1 heterocycles. The largest absolute Gasteiger partial charge is 0.397 e. The minimum absolute atomic E-state index is 0.254. The van der Waals surface area contributed by atoms with Gasteiger partial charge in [-0.3, -0.25) is 9.35 Å². The Labute approximate surface area is 461 Å². The van der Waals surface area contributed by atoms with Gasteiger partial charge in [0, 0.05) is 6.42 Å². The Balaban J connectivity index is 2.24. The average molecular weight is 1090 g/mol. The Kier molecular flexibility index (Phi) is 50.0. The molecule has 1 saturated heterocycles. The van der Waals surface area contributed by atoms with E-state index in [-0.39, 0.29) is 18.9 Å². The lowest BCUT2D eigenvalue weighted by atomic mass is 9.99. The van der Waals surface area contributed by atoms with Gasteiger partial charge < -0.3 is 35.2 Å². The highest BCUT2D eigenvalue weighted by atomic mass is 32.3. The molecule has 0 bridgehead atoms. The summed E-state index contributed by atoms with van der Waals surface area (Å²) in [7, 11) is -5.09. The lowest BCUT2D eigenvalue weighted by Crippen LogP contribution is -2.61. The summed E-state index contributed by atoms with van der Waals surface area (Å²) in [6.07, 6.45) is 55.7. The van der Waals surface area contributed by atoms with Crippen LogP contribution in [0.15, 0.2) is 12.2 Å². The molecule has 1 rings (SSSR count). The van der Waals surface area contributed by atoms with Gasteiger partial charge in [0.15, 0.2) is 6.29 Å². The van der Waals surface area contributed by atoms with Gasteiger partial charge in [0.05, 0.1) is 25.4 Å². The molecule has 12 nitrogen and oxygen atoms in total. The third kappa shape index (κ3) is 44.3. The highest BCUT2D eigenvalue weighted by Crippen LogP contribution is 2.26. The van der Waals surface area contributed by atoms with E-state index in [1.54, 1.807) is 6.08 Å². The van der Waals surface area contributed by atoms with Gasteiger partial charge in [0.25, 0.3) is 0 Å². The van der Waals surface area contributed by atoms with Crippen LogP contribution in [0.1, 0.15) is 322 Å². The quantitative estimate of drug-likeness (QED) is 0.0193. The number of allylic oxidation sites excluding steroid dienone is 1. The Morgan fingerprint density at radius 1 is 0.520 bits per heavy atom. The minimum Gasteiger partial charge on any atom is -0.394 e. The second-order valence-corrected chi connectivity index (χ2v) is 23.8. The molecule has 1 fully saturated rings. The highest BCUT2D eigenvalue weighted by Gasteiger charge is 2.48. The molecule has 13 heteroatoms. The summed E-state index contributed by atoms with van der Waals surface area (Å²) < 4.78 is 47.9. The third-order valence-corrected chi connectivity index (χ3v) is 16.0. The number of aliphatic hydroxyl groups excluding tert-OH is 4. The molecule has 6 N–H and O–H groups in total. The van der Waals surface area contributed by atoms with Crippen LogP contribution in [0.25, 0.3) is 0 Å². The van der Waals surface area contributed by atoms with Crippen LogP contribution in [-0.4, -0.2) is 95.4 Å². The zero-order valence-corrected chi connectivity index (χ0v) is 49.5. The zero-order chi connectivity index (χ0) is 54.7. The standard InChI is InChI=1S/C62H121NO11S/c1-3-5-7-9-11-13-15-17-19-21-22-23-24-25-26-27-28-29-30-31-32-33-34-36-38-40-42-44-46-48-50-52-58(66)63-55(54-72-62-60(68)61(74-75(69,70)71)59(67)57(53-64)73-62)56(65)51-49-47-45-43-41-39-37-35-20-18-16-14-12-10-8-6-4-2/h49,51,55-57,59-62,64-65,67-68H,3-48,50,52-54H2,1-2H3,(H,63,66)(H,69,70,71)/b51-49+. The number of hydrogen-bond donors (Lipinski definition) is 6. The van der Waals surface area contributed by atoms with E-state index in [2.05, 4.69) is 23.3 Å². The first kappa shape index (κ1) is 71.9. The van der Waals surface area contributed by atoms with E-state index in [4.69, 9.17) is 9.47 Å². The molecule has 1 amide bonds. The van der Waals surface area contributed by atoms with Crippen LogP contribution in [0.3, 0.4) is 0 Å². The van der Waals surface area contributed by atoms with Gasteiger partial charge in [-0.15, -0.1) is 0 Å². The Morgan fingerprint density at radius 3 is 1.16 bits per heavy atom. The van der Waals surface area contributed by atoms with Crippen LogP contribution < -0.4 is 5.32 Å². The van der Waals surface area contributed by atoms with E-state index >= 15 is 0 Å². The number of carbonyl (C=O) groups excluding carboxylic acids is 1. The molecule has 0 aromatic carbocycles. The molecular weight excluding hydrogens is 967 g/mol. The maximum Gasteiger partial charge on any atom is 0.397 e. The van der Waals surface area contributed by atoms with Gasteiger partial charge in [0.1, 0.15) is 24.4 Å². The number of nitrogens with one attached hydrogen (secondary N) is 1. The van der Waals surface area contributed by atoms with Crippen molar-refractivity contribution in [3.63, 3.8) is 0 Å². The molecule has 0 aromatic heterocycles. The van der Waals surface area contributed by atoms with Crippen LogP contribution in [-0.2, 0) is 28.9 Å². The van der Waals surface area contributed by atoms with Crippen LogP contribution in [0, 0.1) is 0 Å². The van der Waals surface area contributed by atoms with Crippen molar-refractivity contribution >= 4 is 16.3 Å². The summed E-state index contributed by atoms with van der Waals surface area (Å²) in [5.41, 5.74) is 0. The maximum atomic E-state index is 13.2. The molecule has 446 valence electrons. The van der Waals surface area contributed by atoms with Crippen molar-refractivity contribution in [2.75, 3.05) is 13.2 Å². The molecule has 0 saturated carbocycles. The number of ether oxygens (including phenoxy) is 2. The number of hydrogen-bond acceptors (Lipinski definition) is 10. The van der Waals surface area contributed by atoms with Crippen molar-refractivity contribution < 1.29 is 51.8 Å². The second-order valence-electron chi connectivity index (χ2n) is 22.7. The molecular formula is C62H121NO11S. The Morgan fingerprint density at radius 2 is 0.840 bits per heavy atom. The van der Waals surface area contributed by atoms with Gasteiger partial charge >= 0.3 is 10.4 Å². The number of rotatable bonds is 57. The second kappa shape index (κ2) is 52.2. The Bertz CT molecular complexity index is 1370. The molecule has 0 aromatic rings. The van der Waals surface area contributed by atoms with Crippen LogP contribution in [0.4, 0.5) is 0 Å². The van der Waals surface area contributed by atoms with Crippen molar-refractivity contribution in [2.24, 2.45) is 0 Å². The number of carbonyl (C=O) groups is 1. The van der Waals surface area contributed by atoms with Crippen LogP contribution in [0.2, 0.25) is 0 Å². The summed E-state index contributed by atoms with van der Waals surface area (Å²) in [4.78, 5) is 13.2. The molecule has 1 aliphatic rings. The van der Waals surface area contributed by atoms with Crippen LogP contribution in [0.5, 0.6) is 0 Å². The lowest BCUT2D eigenvalue weighted by Gasteiger charge is -2.41. The summed E-state index contributed by atoms with van der Waals surface area (Å²) in [5.74, 6) is -0.254. The molecule has 7 unspecified atom stereocenters. The van der Waals surface area contributed by atoms with E-state index in [1.807, 2.05) is 6.08 Å². The maximum absolute atomic E-state index is 13.2. The van der Waals surface area contributed by atoms with Gasteiger partial charge in [-0.25, -0.2) is 4.18 Å². The number of aliphatic hydroxyl groups is 4. The SMILES string of the molecule is CCCCCCCCCCCCCCCCC/C=C/C(O)C(COC1OC(CO)C(O)C(OS(=O)(=O)O)C1O)NC(=O)CCCCCCCCCCCCCCCCCCCCCCCCCCCCCCCCC. The van der Waals surface area contributed by atoms with E-state index in [1.165, 1.54) is 257 Å². The average Bonchev–Trinajstić information content (AvgIpc) is 3.39. The molecule has 0 radical (unpaired) electrons. The summed E-state index contributed by atoms with van der Waals surface area (Å²) >= 11 is 0. The van der Waals surface area contributed by atoms with Crippen molar-refractivity contribution in [1.29, 1.82) is 0 Å². The van der Waals surface area contributed by atoms with E-state index in [0.717, 1.165) is 38.5 Å². The zero-order valence-electron chi connectivity index (χ0n) is 48.6. The fourth-order valence-electron chi connectivity index (χ4n) is 10.6. The predicted molar refractivity (Wildman–Crippen MR) is 310 cm³/mol. The third-order valence-electron chi connectivity index (χ3n) is 15.6. The van der Waals surface area contributed by atoms with Gasteiger partial charge in [0.2, 0.25) is 5.91 Å².